The fourth-order valence-electron chi connectivity index (χ4n) is 3.67. The SMILES string of the molecule is Cc1ccc(-n2ncc(C(=O)Nc3ccccc3F)c2C2CCNCC2)cc1.Cl. The maximum atomic E-state index is 14.0. The maximum Gasteiger partial charge on any atom is 0.259 e. The zero-order valence-electron chi connectivity index (χ0n) is 16.2. The van der Waals surface area contributed by atoms with Gasteiger partial charge >= 0.3 is 0 Å². The van der Waals surface area contributed by atoms with E-state index in [0.717, 1.165) is 42.9 Å². The number of amides is 1. The Hall–Kier alpha value is -2.70. The van der Waals surface area contributed by atoms with Crippen molar-refractivity contribution in [3.8, 4) is 5.69 Å². The molecule has 1 fully saturated rings. The predicted octanol–water partition coefficient (Wildman–Crippen LogP) is 4.46. The van der Waals surface area contributed by atoms with Gasteiger partial charge in [-0.1, -0.05) is 29.8 Å². The summed E-state index contributed by atoms with van der Waals surface area (Å²) < 4.78 is 15.8. The fourth-order valence-corrected chi connectivity index (χ4v) is 3.67. The third-order valence-electron chi connectivity index (χ3n) is 5.18. The van der Waals surface area contributed by atoms with Crippen molar-refractivity contribution in [2.45, 2.75) is 25.7 Å². The second kappa shape index (κ2) is 9.20. The number of hydrogen-bond acceptors (Lipinski definition) is 3. The summed E-state index contributed by atoms with van der Waals surface area (Å²) in [5, 5.41) is 10.6. The molecule has 4 rings (SSSR count). The molecule has 1 aliphatic rings. The van der Waals surface area contributed by atoms with Gasteiger partial charge in [0.25, 0.3) is 5.91 Å². The van der Waals surface area contributed by atoms with Crippen LogP contribution in [0.3, 0.4) is 0 Å². The van der Waals surface area contributed by atoms with Gasteiger partial charge in [-0.2, -0.15) is 5.10 Å². The number of para-hydroxylation sites is 1. The molecule has 1 aliphatic heterocycles. The van der Waals surface area contributed by atoms with Gasteiger partial charge in [0.2, 0.25) is 0 Å². The number of piperidine rings is 1. The van der Waals surface area contributed by atoms with Crippen LogP contribution in [0.4, 0.5) is 10.1 Å². The standard InChI is InChI=1S/C22H23FN4O.ClH/c1-15-6-8-17(9-7-15)27-21(16-10-12-24-13-11-16)18(14-25-27)22(28)26-20-5-3-2-4-19(20)23;/h2-9,14,16,24H,10-13H2,1H3,(H,26,28);1H. The van der Waals surface area contributed by atoms with E-state index >= 15 is 0 Å². The molecule has 2 N–H and O–H groups in total. The van der Waals surface area contributed by atoms with Crippen LogP contribution in [0.5, 0.6) is 0 Å². The van der Waals surface area contributed by atoms with Crippen molar-refractivity contribution >= 4 is 24.0 Å². The van der Waals surface area contributed by atoms with Gasteiger partial charge in [-0.05, 0) is 57.1 Å². The van der Waals surface area contributed by atoms with Crippen molar-refractivity contribution in [3.63, 3.8) is 0 Å². The lowest BCUT2D eigenvalue weighted by Crippen LogP contribution is -2.29. The number of rotatable bonds is 4. The highest BCUT2D eigenvalue weighted by atomic mass is 35.5. The molecule has 152 valence electrons. The van der Waals surface area contributed by atoms with Gasteiger partial charge in [-0.15, -0.1) is 12.4 Å². The number of aromatic nitrogens is 2. The van der Waals surface area contributed by atoms with Crippen molar-refractivity contribution in [2.24, 2.45) is 0 Å². The molecule has 0 spiro atoms. The van der Waals surface area contributed by atoms with Crippen LogP contribution in [0.25, 0.3) is 5.69 Å². The first-order chi connectivity index (χ1) is 13.6. The van der Waals surface area contributed by atoms with E-state index in [-0.39, 0.29) is 29.9 Å². The fraction of sp³-hybridized carbons (Fsp3) is 0.273. The van der Waals surface area contributed by atoms with Crippen LogP contribution in [0.15, 0.2) is 54.7 Å². The summed E-state index contributed by atoms with van der Waals surface area (Å²) in [6.45, 7) is 3.84. The molecule has 1 saturated heterocycles. The summed E-state index contributed by atoms with van der Waals surface area (Å²) in [7, 11) is 0. The quantitative estimate of drug-likeness (QED) is 0.662. The highest BCUT2D eigenvalue weighted by Gasteiger charge is 2.27. The molecular formula is C22H24ClFN4O. The molecule has 0 unspecified atom stereocenters. The van der Waals surface area contributed by atoms with Crippen molar-refractivity contribution in [2.75, 3.05) is 18.4 Å². The summed E-state index contributed by atoms with van der Waals surface area (Å²) in [6.07, 6.45) is 3.45. The Bertz CT molecular complexity index is 981. The number of nitrogens with one attached hydrogen (secondary N) is 2. The number of hydrogen-bond donors (Lipinski definition) is 2. The number of carbonyl (C=O) groups is 1. The van der Waals surface area contributed by atoms with Gasteiger partial charge in [0.1, 0.15) is 5.82 Å². The summed E-state index contributed by atoms with van der Waals surface area (Å²) in [5.41, 5.74) is 3.64. The molecule has 2 aromatic carbocycles. The lowest BCUT2D eigenvalue weighted by Gasteiger charge is -2.24. The summed E-state index contributed by atoms with van der Waals surface area (Å²) in [4.78, 5) is 13.0. The molecule has 1 amide bonds. The lowest BCUT2D eigenvalue weighted by atomic mass is 9.91. The first-order valence-corrected chi connectivity index (χ1v) is 9.55. The van der Waals surface area contributed by atoms with Crippen molar-refractivity contribution in [3.05, 3.63) is 77.4 Å². The second-order valence-corrected chi connectivity index (χ2v) is 7.15. The molecule has 7 heteroatoms. The number of benzene rings is 2. The molecule has 29 heavy (non-hydrogen) atoms. The molecular weight excluding hydrogens is 391 g/mol. The number of anilines is 1. The van der Waals surface area contributed by atoms with Crippen LogP contribution < -0.4 is 10.6 Å². The molecule has 0 saturated carbocycles. The van der Waals surface area contributed by atoms with Crippen LogP contribution in [0, 0.1) is 12.7 Å². The van der Waals surface area contributed by atoms with Crippen LogP contribution in [-0.2, 0) is 0 Å². The minimum Gasteiger partial charge on any atom is -0.319 e. The molecule has 0 aliphatic carbocycles. The zero-order chi connectivity index (χ0) is 19.5. The van der Waals surface area contributed by atoms with E-state index in [2.05, 4.69) is 15.7 Å². The van der Waals surface area contributed by atoms with Crippen molar-refractivity contribution in [1.82, 2.24) is 15.1 Å². The largest absolute Gasteiger partial charge is 0.319 e. The van der Waals surface area contributed by atoms with Gasteiger partial charge < -0.3 is 10.6 Å². The highest BCUT2D eigenvalue weighted by Crippen LogP contribution is 2.31. The van der Waals surface area contributed by atoms with E-state index in [1.165, 1.54) is 6.07 Å². The van der Waals surface area contributed by atoms with Crippen LogP contribution in [0.1, 0.15) is 40.4 Å². The van der Waals surface area contributed by atoms with Crippen molar-refractivity contribution in [1.29, 1.82) is 0 Å². The first-order valence-electron chi connectivity index (χ1n) is 9.55. The van der Waals surface area contributed by atoms with E-state index in [4.69, 9.17) is 0 Å². The smallest absolute Gasteiger partial charge is 0.259 e. The average Bonchev–Trinajstić information content (AvgIpc) is 3.16. The Morgan fingerprint density at radius 2 is 1.83 bits per heavy atom. The monoisotopic (exact) mass is 414 g/mol. The molecule has 5 nitrogen and oxygen atoms in total. The average molecular weight is 415 g/mol. The summed E-state index contributed by atoms with van der Waals surface area (Å²) in [5.74, 6) is -0.575. The third-order valence-corrected chi connectivity index (χ3v) is 5.18. The predicted molar refractivity (Wildman–Crippen MR) is 115 cm³/mol. The normalized spacial score (nSPS) is 14.3. The Kier molecular flexibility index (Phi) is 6.67. The van der Waals surface area contributed by atoms with E-state index in [1.54, 1.807) is 24.4 Å². The van der Waals surface area contributed by atoms with Crippen LogP contribution in [0.2, 0.25) is 0 Å². The van der Waals surface area contributed by atoms with Gasteiger partial charge in [0, 0.05) is 5.92 Å². The van der Waals surface area contributed by atoms with Gasteiger partial charge in [0.15, 0.2) is 0 Å². The molecule has 0 radical (unpaired) electrons. The molecule has 1 aromatic heterocycles. The molecule has 3 aromatic rings. The lowest BCUT2D eigenvalue weighted by molar-refractivity contribution is 0.102. The third kappa shape index (κ3) is 4.49. The van der Waals surface area contributed by atoms with E-state index < -0.39 is 5.82 Å². The second-order valence-electron chi connectivity index (χ2n) is 7.15. The zero-order valence-corrected chi connectivity index (χ0v) is 17.0. The summed E-state index contributed by atoms with van der Waals surface area (Å²) >= 11 is 0. The van der Waals surface area contributed by atoms with E-state index in [9.17, 15) is 9.18 Å². The Morgan fingerprint density at radius 3 is 2.52 bits per heavy atom. The Labute approximate surface area is 175 Å². The molecule has 2 heterocycles. The topological polar surface area (TPSA) is 59.0 Å². The first kappa shape index (κ1) is 21.0. The van der Waals surface area contributed by atoms with Gasteiger partial charge in [-0.3, -0.25) is 4.79 Å². The maximum absolute atomic E-state index is 14.0. The molecule has 0 atom stereocenters. The number of halogens is 2. The van der Waals surface area contributed by atoms with Gasteiger partial charge in [0.05, 0.1) is 28.8 Å². The van der Waals surface area contributed by atoms with Crippen LogP contribution in [-0.4, -0.2) is 28.8 Å². The molecule has 0 bridgehead atoms. The van der Waals surface area contributed by atoms with Crippen molar-refractivity contribution < 1.29 is 9.18 Å². The Morgan fingerprint density at radius 1 is 1.14 bits per heavy atom. The minimum atomic E-state index is -0.454. The van der Waals surface area contributed by atoms with Gasteiger partial charge in [-0.25, -0.2) is 9.07 Å². The minimum absolute atomic E-state index is 0. The number of nitrogens with zero attached hydrogens (tertiary/aromatic N) is 2. The summed E-state index contributed by atoms with van der Waals surface area (Å²) in [6, 6.07) is 14.3. The Balaban J connectivity index is 0.00000240. The van der Waals surface area contributed by atoms with Crippen LogP contribution >= 0.6 is 12.4 Å². The number of aryl methyl sites for hydroxylation is 1. The van der Waals surface area contributed by atoms with E-state index in [1.807, 2.05) is 35.9 Å². The van der Waals surface area contributed by atoms with E-state index in [0.29, 0.717) is 5.56 Å². The number of carbonyl (C=O) groups excluding carboxylic acids is 1. The highest BCUT2D eigenvalue weighted by molar-refractivity contribution is 6.05.